The van der Waals surface area contributed by atoms with Crippen molar-refractivity contribution in [3.63, 3.8) is 0 Å². The predicted molar refractivity (Wildman–Crippen MR) is 57.6 cm³/mol. The zero-order chi connectivity index (χ0) is 10.8. The Morgan fingerprint density at radius 2 is 2.00 bits per heavy atom. The molecule has 2 heterocycles. The van der Waals surface area contributed by atoms with Crippen LogP contribution in [0.4, 0.5) is 0 Å². The molecule has 2 aliphatic rings. The summed E-state index contributed by atoms with van der Waals surface area (Å²) in [4.78, 5) is 15.8. The van der Waals surface area contributed by atoms with E-state index < -0.39 is 0 Å². The highest BCUT2D eigenvalue weighted by atomic mass is 16.6. The average Bonchev–Trinajstić information content (AvgIpc) is 3.02. The summed E-state index contributed by atoms with van der Waals surface area (Å²) in [6.07, 6.45) is 2.49. The summed E-state index contributed by atoms with van der Waals surface area (Å²) in [7, 11) is 3.68. The van der Waals surface area contributed by atoms with Gasteiger partial charge in [-0.3, -0.25) is 4.79 Å². The highest BCUT2D eigenvalue weighted by Gasteiger charge is 2.30. The van der Waals surface area contributed by atoms with Gasteiger partial charge in [-0.15, -0.1) is 0 Å². The number of carbonyl (C=O) groups is 1. The first-order valence-corrected chi connectivity index (χ1v) is 5.72. The third-order valence-electron chi connectivity index (χ3n) is 3.24. The Hall–Kier alpha value is -0.610. The first-order chi connectivity index (χ1) is 7.16. The van der Waals surface area contributed by atoms with E-state index in [2.05, 4.69) is 4.90 Å². The van der Waals surface area contributed by atoms with Crippen LogP contribution in [0.15, 0.2) is 0 Å². The fourth-order valence-electron chi connectivity index (χ4n) is 2.19. The van der Waals surface area contributed by atoms with Gasteiger partial charge in [0, 0.05) is 26.6 Å². The van der Waals surface area contributed by atoms with Crippen LogP contribution < -0.4 is 0 Å². The van der Waals surface area contributed by atoms with Gasteiger partial charge in [0.2, 0.25) is 5.91 Å². The molecule has 0 saturated carbocycles. The molecule has 15 heavy (non-hydrogen) atoms. The molecule has 0 bridgehead atoms. The summed E-state index contributed by atoms with van der Waals surface area (Å²) in [5.74, 6) is 0.536. The highest BCUT2D eigenvalue weighted by Crippen LogP contribution is 2.21. The Morgan fingerprint density at radius 1 is 1.40 bits per heavy atom. The molecule has 1 unspecified atom stereocenters. The minimum absolute atomic E-state index is 0.247. The summed E-state index contributed by atoms with van der Waals surface area (Å²) in [6, 6.07) is 0. The number of carbonyl (C=O) groups excluding carboxylic acids is 1. The molecule has 4 heteroatoms. The smallest absolute Gasteiger partial charge is 0.225 e. The number of ether oxygens (including phenoxy) is 1. The summed E-state index contributed by atoms with van der Waals surface area (Å²) in [5, 5.41) is 0. The van der Waals surface area contributed by atoms with Crippen LogP contribution in [0.2, 0.25) is 0 Å². The van der Waals surface area contributed by atoms with Crippen molar-refractivity contribution in [3.05, 3.63) is 0 Å². The Labute approximate surface area is 91.2 Å². The van der Waals surface area contributed by atoms with Crippen molar-refractivity contribution in [2.24, 2.45) is 5.92 Å². The zero-order valence-corrected chi connectivity index (χ0v) is 9.61. The quantitative estimate of drug-likeness (QED) is 0.626. The van der Waals surface area contributed by atoms with Gasteiger partial charge in [-0.2, -0.15) is 0 Å². The molecule has 0 aromatic carbocycles. The molecule has 86 valence electrons. The number of amides is 1. The SMILES string of the molecule is CN(C)C(=O)C1CCN(CC2CO2)CC1. The number of piperidine rings is 1. The normalized spacial score (nSPS) is 27.7. The third kappa shape index (κ3) is 2.92. The van der Waals surface area contributed by atoms with Crippen LogP contribution in [0.5, 0.6) is 0 Å². The van der Waals surface area contributed by atoms with Crippen molar-refractivity contribution in [2.45, 2.75) is 18.9 Å². The Morgan fingerprint density at radius 3 is 2.47 bits per heavy atom. The maximum absolute atomic E-state index is 11.7. The molecule has 4 nitrogen and oxygen atoms in total. The molecular formula is C11H20N2O2. The molecule has 0 aromatic rings. The second-order valence-electron chi connectivity index (χ2n) is 4.76. The van der Waals surface area contributed by atoms with E-state index in [4.69, 9.17) is 4.74 Å². The van der Waals surface area contributed by atoms with Gasteiger partial charge in [-0.1, -0.05) is 0 Å². The van der Waals surface area contributed by atoms with E-state index in [0.717, 1.165) is 39.1 Å². The fourth-order valence-corrected chi connectivity index (χ4v) is 2.19. The summed E-state index contributed by atoms with van der Waals surface area (Å²) < 4.78 is 5.21. The lowest BCUT2D eigenvalue weighted by Gasteiger charge is -2.31. The fraction of sp³-hybridized carbons (Fsp3) is 0.909. The van der Waals surface area contributed by atoms with E-state index in [1.165, 1.54) is 0 Å². The molecule has 2 saturated heterocycles. The summed E-state index contributed by atoms with van der Waals surface area (Å²) >= 11 is 0. The lowest BCUT2D eigenvalue weighted by molar-refractivity contribution is -0.134. The Bertz CT molecular complexity index is 231. The minimum Gasteiger partial charge on any atom is -0.372 e. The number of epoxide rings is 1. The molecular weight excluding hydrogens is 192 g/mol. The second-order valence-corrected chi connectivity index (χ2v) is 4.76. The maximum Gasteiger partial charge on any atom is 0.225 e. The lowest BCUT2D eigenvalue weighted by atomic mass is 9.95. The number of hydrogen-bond donors (Lipinski definition) is 0. The van der Waals surface area contributed by atoms with Crippen LogP contribution in [0.3, 0.4) is 0 Å². The summed E-state index contributed by atoms with van der Waals surface area (Å²) in [5.41, 5.74) is 0. The van der Waals surface area contributed by atoms with E-state index in [9.17, 15) is 4.79 Å². The van der Waals surface area contributed by atoms with Crippen LogP contribution in [0, 0.1) is 5.92 Å². The minimum atomic E-state index is 0.247. The van der Waals surface area contributed by atoms with E-state index in [1.807, 2.05) is 14.1 Å². The van der Waals surface area contributed by atoms with Gasteiger partial charge < -0.3 is 14.5 Å². The number of nitrogens with zero attached hydrogens (tertiary/aromatic N) is 2. The highest BCUT2D eigenvalue weighted by molar-refractivity contribution is 5.78. The van der Waals surface area contributed by atoms with Crippen LogP contribution in [0.25, 0.3) is 0 Å². The van der Waals surface area contributed by atoms with Crippen molar-refractivity contribution < 1.29 is 9.53 Å². The molecule has 0 N–H and O–H groups in total. The van der Waals surface area contributed by atoms with Gasteiger partial charge in [-0.25, -0.2) is 0 Å². The van der Waals surface area contributed by atoms with Crippen LogP contribution in [-0.4, -0.2) is 62.1 Å². The van der Waals surface area contributed by atoms with Crippen molar-refractivity contribution in [3.8, 4) is 0 Å². The van der Waals surface area contributed by atoms with E-state index >= 15 is 0 Å². The van der Waals surface area contributed by atoms with Gasteiger partial charge in [-0.05, 0) is 25.9 Å². The van der Waals surface area contributed by atoms with Gasteiger partial charge in [0.15, 0.2) is 0 Å². The topological polar surface area (TPSA) is 36.1 Å². The third-order valence-corrected chi connectivity index (χ3v) is 3.24. The van der Waals surface area contributed by atoms with Gasteiger partial charge >= 0.3 is 0 Å². The maximum atomic E-state index is 11.7. The van der Waals surface area contributed by atoms with Crippen molar-refractivity contribution in [2.75, 3.05) is 40.3 Å². The van der Waals surface area contributed by atoms with Gasteiger partial charge in [0.25, 0.3) is 0 Å². The first kappa shape index (κ1) is 10.9. The lowest BCUT2D eigenvalue weighted by Crippen LogP contribution is -2.41. The van der Waals surface area contributed by atoms with Crippen LogP contribution >= 0.6 is 0 Å². The molecule has 1 atom stereocenters. The Balaban J connectivity index is 1.73. The summed E-state index contributed by atoms with van der Waals surface area (Å²) in [6.45, 7) is 4.08. The Kier molecular flexibility index (Phi) is 3.26. The molecule has 2 rings (SSSR count). The van der Waals surface area contributed by atoms with E-state index in [0.29, 0.717) is 6.10 Å². The number of likely N-dealkylation sites (tertiary alicyclic amines) is 1. The molecule has 0 radical (unpaired) electrons. The van der Waals surface area contributed by atoms with Crippen LogP contribution in [-0.2, 0) is 9.53 Å². The van der Waals surface area contributed by atoms with Crippen LogP contribution in [0.1, 0.15) is 12.8 Å². The molecule has 0 spiro atoms. The molecule has 0 aliphatic carbocycles. The largest absolute Gasteiger partial charge is 0.372 e. The monoisotopic (exact) mass is 212 g/mol. The second kappa shape index (κ2) is 4.49. The van der Waals surface area contributed by atoms with Crippen molar-refractivity contribution >= 4 is 5.91 Å². The molecule has 2 aliphatic heterocycles. The molecule has 2 fully saturated rings. The van der Waals surface area contributed by atoms with E-state index in [1.54, 1.807) is 4.90 Å². The number of hydrogen-bond acceptors (Lipinski definition) is 3. The van der Waals surface area contributed by atoms with E-state index in [-0.39, 0.29) is 11.8 Å². The number of rotatable bonds is 3. The van der Waals surface area contributed by atoms with Gasteiger partial charge in [0.05, 0.1) is 12.7 Å². The van der Waals surface area contributed by atoms with Crippen molar-refractivity contribution in [1.82, 2.24) is 9.80 Å². The molecule has 1 amide bonds. The van der Waals surface area contributed by atoms with Gasteiger partial charge in [0.1, 0.15) is 0 Å². The zero-order valence-electron chi connectivity index (χ0n) is 9.61. The average molecular weight is 212 g/mol. The first-order valence-electron chi connectivity index (χ1n) is 5.72. The molecule has 0 aromatic heterocycles. The van der Waals surface area contributed by atoms with Crippen molar-refractivity contribution in [1.29, 1.82) is 0 Å². The standard InChI is InChI=1S/C11H20N2O2/c1-12(2)11(14)9-3-5-13(6-4-9)7-10-8-15-10/h9-10H,3-8H2,1-2H3. The predicted octanol–water partition coefficient (Wildman–Crippen LogP) is 0.185.